The molecule has 17 amide bonds. The van der Waals surface area contributed by atoms with Gasteiger partial charge in [-0.15, -0.1) is 0 Å². The van der Waals surface area contributed by atoms with E-state index in [9.17, 15) is 57.1 Å². The van der Waals surface area contributed by atoms with E-state index in [0.29, 0.717) is 96.5 Å². The number of aromatic nitrogens is 1. The van der Waals surface area contributed by atoms with Crippen molar-refractivity contribution in [1.29, 1.82) is 0 Å². The minimum atomic E-state index is -0.738. The van der Waals surface area contributed by atoms with E-state index in [4.69, 9.17) is 31.4 Å². The normalized spacial score (nSPS) is 22.5. The molecule has 15 fully saturated rings. The molecule has 0 bridgehead atoms. The minimum absolute atomic E-state index is 0.0631. The first-order chi connectivity index (χ1) is 66.4. The van der Waals surface area contributed by atoms with Crippen LogP contribution in [0.2, 0.25) is 0 Å². The van der Waals surface area contributed by atoms with Crippen molar-refractivity contribution < 1.29 is 71.3 Å². The van der Waals surface area contributed by atoms with Gasteiger partial charge in [-0.3, -0.25) is 29.3 Å². The zero-order valence-corrected chi connectivity index (χ0v) is 88.1. The van der Waals surface area contributed by atoms with E-state index in [0.717, 1.165) is 283 Å². The molecule has 32 nitrogen and oxygen atoms in total. The number of rotatable bonds is 42. The quantitative estimate of drug-likeness (QED) is 0.0294. The fourth-order valence-corrected chi connectivity index (χ4v) is 19.8. The molecule has 1 aromatic heterocycles. The SMILES string of the molecule is CCCN(C(=O)CC(C)(C)C(N)=O)C1CC1.CCCN(C(=O)CCC(C)(C)C(N)=O)C1CC1.CCCN(C(=O)NC1(C2CCOCC2)CC1)C1CC1.CCCN(C(=O)NC1CC12CCOCC2)C1CC1.CCCN(C(=O)NC1CCC(OC)CC1)C1CC1.CCCN(C(=O)NCC(C)(C)C(N)=O)C1CC1.CCCN(C(=O)NCC1C2CCCC21)C1CC1.CCCN(C(=O)Nc1ccc(F)cn1)C1CC1. The Bertz CT molecular complexity index is 3930. The summed E-state index contributed by atoms with van der Waals surface area (Å²) in [7, 11) is 1.78. The molecule has 0 radical (unpaired) electrons. The number of fused-ring (bicyclic) bond motifs is 1. The van der Waals surface area contributed by atoms with E-state index >= 15 is 0 Å². The summed E-state index contributed by atoms with van der Waals surface area (Å²) in [6.07, 6.45) is 45.5. The topological polar surface area (TPSA) is 405 Å². The van der Waals surface area contributed by atoms with Gasteiger partial charge in [-0.05, 0) is 299 Å². The number of urea groups is 6. The fraction of sp³-hybridized carbons (Fsp3) is 0.849. The maximum atomic E-state index is 12.7. The lowest BCUT2D eigenvalue weighted by atomic mass is 9.87. The van der Waals surface area contributed by atoms with Gasteiger partial charge in [0, 0.05) is 183 Å². The molecule has 13 aliphatic carbocycles. The number of halogens is 1. The zero-order valence-electron chi connectivity index (χ0n) is 88.1. The number of anilines is 1. The molecule has 33 heteroatoms. The van der Waals surface area contributed by atoms with E-state index in [2.05, 4.69) is 95.2 Å². The average molecular weight is 1950 g/mol. The first-order valence-corrected chi connectivity index (χ1v) is 54.6. The molecule has 1 aromatic rings. The van der Waals surface area contributed by atoms with Gasteiger partial charge in [0.2, 0.25) is 29.5 Å². The number of hydrogen-bond acceptors (Lipinski definition) is 15. The van der Waals surface area contributed by atoms with Crippen molar-refractivity contribution in [2.24, 2.45) is 62.5 Å². The lowest BCUT2D eigenvalue weighted by Crippen LogP contribution is -2.51. The molecule has 16 rings (SSSR count). The molecule has 0 aromatic carbocycles. The van der Waals surface area contributed by atoms with Crippen molar-refractivity contribution in [3.8, 4) is 0 Å². The molecule has 15 aliphatic rings. The van der Waals surface area contributed by atoms with E-state index in [1.807, 2.05) is 36.3 Å². The Hall–Kier alpha value is -8.07. The van der Waals surface area contributed by atoms with Crippen LogP contribution in [0.15, 0.2) is 18.3 Å². The molecule has 2 aliphatic heterocycles. The molecule has 139 heavy (non-hydrogen) atoms. The van der Waals surface area contributed by atoms with Crippen LogP contribution in [-0.4, -0.2) is 281 Å². The van der Waals surface area contributed by atoms with Gasteiger partial charge in [-0.2, -0.15) is 0 Å². The second-order valence-corrected chi connectivity index (χ2v) is 44.5. The molecule has 2 saturated heterocycles. The molecular formula is C106H185FN18O14. The molecule has 3 unspecified atom stereocenters. The van der Waals surface area contributed by atoms with Gasteiger partial charge in [-0.25, -0.2) is 38.1 Å². The third kappa shape index (κ3) is 37.9. The predicted molar refractivity (Wildman–Crippen MR) is 542 cm³/mol. The van der Waals surface area contributed by atoms with Crippen molar-refractivity contribution >= 4 is 71.5 Å². The first-order valence-electron chi connectivity index (χ1n) is 54.6. The summed E-state index contributed by atoms with van der Waals surface area (Å²) in [5.41, 5.74) is 14.3. The van der Waals surface area contributed by atoms with Gasteiger partial charge >= 0.3 is 36.2 Å². The van der Waals surface area contributed by atoms with Crippen LogP contribution in [0.1, 0.15) is 360 Å². The third-order valence-electron chi connectivity index (χ3n) is 30.6. The Morgan fingerprint density at radius 1 is 0.432 bits per heavy atom. The Morgan fingerprint density at radius 2 is 0.813 bits per heavy atom. The Balaban J connectivity index is 0.000000178. The summed E-state index contributed by atoms with van der Waals surface area (Å²) >= 11 is 0. The Morgan fingerprint density at radius 3 is 1.21 bits per heavy atom. The van der Waals surface area contributed by atoms with Crippen LogP contribution in [0.5, 0.6) is 0 Å². The smallest absolute Gasteiger partial charge is 0.323 e. The number of nitrogens with zero attached hydrogens (tertiary/aromatic N) is 9. The summed E-state index contributed by atoms with van der Waals surface area (Å²) < 4.78 is 28.9. The highest BCUT2D eigenvalue weighted by Crippen LogP contribution is 2.57. The van der Waals surface area contributed by atoms with E-state index < -0.39 is 33.9 Å². The molecular weight excluding hydrogens is 1770 g/mol. The lowest BCUT2D eigenvalue weighted by molar-refractivity contribution is -0.139. The summed E-state index contributed by atoms with van der Waals surface area (Å²) in [5.74, 6) is 2.43. The van der Waals surface area contributed by atoms with Gasteiger partial charge in [0.05, 0.1) is 23.1 Å². The number of carbonyl (C=O) groups excluding carboxylic acids is 11. The molecule has 12 N–H and O–H groups in total. The van der Waals surface area contributed by atoms with Crippen molar-refractivity contribution in [1.82, 2.24) is 70.8 Å². The molecule has 13 saturated carbocycles. The maximum Gasteiger partial charge on any atom is 0.323 e. The zero-order chi connectivity index (χ0) is 101. The van der Waals surface area contributed by atoms with Gasteiger partial charge in [0.25, 0.3) is 0 Å². The van der Waals surface area contributed by atoms with E-state index in [1.165, 1.54) is 82.8 Å². The van der Waals surface area contributed by atoms with Crippen LogP contribution in [0, 0.1) is 51.1 Å². The highest BCUT2D eigenvalue weighted by Gasteiger charge is 2.57. The summed E-state index contributed by atoms with van der Waals surface area (Å²) in [5, 5.41) is 18.5. The highest BCUT2D eigenvalue weighted by atomic mass is 19.1. The largest absolute Gasteiger partial charge is 0.381 e. The van der Waals surface area contributed by atoms with Crippen molar-refractivity contribution in [3.63, 3.8) is 0 Å². The summed E-state index contributed by atoms with van der Waals surface area (Å²) in [6, 6.07) is 7.73. The Kier molecular flexibility index (Phi) is 45.4. The standard InChI is InChI=1S/C15H26N2O2.C14H24N2O2.C14H26N2O2.C14H24N2O.C13H24N2O2.C12H16FN3O.C12H23N3O2.C12H22N2O2/c1-2-9-17(13-3-4-13)14(18)16-15(7-8-15)12-5-10-19-11-6-12;1-2-7-16(11-3-4-11)13(17)15-12-10-14(12)5-8-18-9-6-14;1-3-10-16(12-6-7-12)14(17)15-11-4-8-13(18-2)9-5-11;1-2-8-16(10-6-7-10)14(17)15-9-13-11-4-3-5-12(11)13;1-4-9-15(10-5-6-10)11(16)7-8-13(2,3)12(14)17;1-2-7-16(10-4-5-10)12(17)15-11-6-3-9(13)8-14-11;1-4-7-15(9-5-6-9)11(17)14-8-12(2,3)10(13)16;1-4-7-14(9-5-6-9)10(15)8-12(2,3)11(13)16/h12-13H,2-11H2,1H3,(H,16,18);11-12H,2-10H2,1H3,(H,15,17);11-13H,3-10H2,1-2H3,(H,15,17);10-13H,2-9H2,1H3,(H,15,17);10H,4-9H2,1-3H3,(H2,14,17);3,6,8,10H,2,4-5,7H2,1H3,(H,14,15,17);9H,4-8H2,1-3H3,(H2,13,16)(H,14,17);9H,4-8H2,1-3H3,(H2,13,16). The fourth-order valence-electron chi connectivity index (χ4n) is 19.8. The highest BCUT2D eigenvalue weighted by molar-refractivity contribution is 5.89. The first kappa shape index (κ1) is 115. The Labute approximate surface area is 832 Å². The number of hydrogen-bond donors (Lipinski definition) is 9. The number of nitrogens with two attached hydrogens (primary N) is 3. The maximum absolute atomic E-state index is 12.7. The monoisotopic (exact) mass is 1950 g/mol. The number of ether oxygens (including phenoxy) is 3. The number of pyridine rings is 1. The van der Waals surface area contributed by atoms with Crippen LogP contribution in [-0.2, 0) is 38.2 Å². The lowest BCUT2D eigenvalue weighted by Gasteiger charge is -2.33. The predicted octanol–water partition coefficient (Wildman–Crippen LogP) is 16.5. The van der Waals surface area contributed by atoms with Crippen LogP contribution >= 0.6 is 0 Å². The number of primary amides is 3. The average Bonchev–Trinajstić information content (AvgIpc) is 1.60. The van der Waals surface area contributed by atoms with Crippen LogP contribution in [0.3, 0.4) is 0 Å². The number of methoxy groups -OCH3 is 1. The van der Waals surface area contributed by atoms with Gasteiger partial charge in [-0.1, -0.05) is 89.5 Å². The number of carbonyl (C=O) groups is 11. The van der Waals surface area contributed by atoms with Crippen LogP contribution in [0.4, 0.5) is 39.0 Å². The minimum Gasteiger partial charge on any atom is -0.381 e. The molecule has 3 atom stereocenters. The van der Waals surface area contributed by atoms with Gasteiger partial charge < -0.3 is 97.2 Å². The number of nitrogens with one attached hydrogen (secondary N) is 6. The van der Waals surface area contributed by atoms with Crippen molar-refractivity contribution in [2.45, 2.75) is 432 Å². The summed E-state index contributed by atoms with van der Waals surface area (Å²) in [6.45, 7) is 38.8. The van der Waals surface area contributed by atoms with E-state index in [-0.39, 0.29) is 72.4 Å². The van der Waals surface area contributed by atoms with E-state index in [1.54, 1.807) is 48.7 Å². The van der Waals surface area contributed by atoms with Crippen molar-refractivity contribution in [3.05, 3.63) is 24.1 Å². The second-order valence-electron chi connectivity index (χ2n) is 44.5. The number of amides is 17. The van der Waals surface area contributed by atoms with Crippen LogP contribution in [0.25, 0.3) is 0 Å². The molecule has 1 spiro atoms. The molecule has 3 heterocycles. The van der Waals surface area contributed by atoms with Gasteiger partial charge in [0.1, 0.15) is 11.6 Å². The summed E-state index contributed by atoms with van der Waals surface area (Å²) in [4.78, 5) is 150. The van der Waals surface area contributed by atoms with Gasteiger partial charge in [0.15, 0.2) is 0 Å². The van der Waals surface area contributed by atoms with Crippen LogP contribution < -0.4 is 49.1 Å². The second kappa shape index (κ2) is 55.1. The third-order valence-corrected chi connectivity index (χ3v) is 30.6. The molecule has 790 valence electrons. The van der Waals surface area contributed by atoms with Crippen molar-refractivity contribution in [2.75, 3.05) is 104 Å².